The highest BCUT2D eigenvalue weighted by Gasteiger charge is 2.16. The lowest BCUT2D eigenvalue weighted by molar-refractivity contribution is 0.513. The summed E-state index contributed by atoms with van der Waals surface area (Å²) in [6.07, 6.45) is 5.12. The highest BCUT2D eigenvalue weighted by Crippen LogP contribution is 2.23. The van der Waals surface area contributed by atoms with Crippen LogP contribution in [0, 0.1) is 6.92 Å². The Bertz CT molecular complexity index is 507. The number of aromatic amines is 1. The Morgan fingerprint density at radius 2 is 2.18 bits per heavy atom. The summed E-state index contributed by atoms with van der Waals surface area (Å²) in [6.45, 7) is 3.23. The third-order valence-corrected chi connectivity index (χ3v) is 3.55. The van der Waals surface area contributed by atoms with E-state index in [2.05, 4.69) is 35.4 Å². The number of fused-ring (bicyclic) bond motifs is 1. The highest BCUT2D eigenvalue weighted by molar-refractivity contribution is 5.75. The number of aromatic nitrogens is 2. The van der Waals surface area contributed by atoms with E-state index >= 15 is 0 Å². The van der Waals surface area contributed by atoms with Gasteiger partial charge in [0.1, 0.15) is 5.82 Å². The van der Waals surface area contributed by atoms with Gasteiger partial charge in [-0.25, -0.2) is 4.98 Å². The predicted octanol–water partition coefficient (Wildman–Crippen LogP) is 3.08. The van der Waals surface area contributed by atoms with Crippen molar-refractivity contribution in [3.8, 4) is 0 Å². The zero-order valence-corrected chi connectivity index (χ0v) is 10.3. The first-order chi connectivity index (χ1) is 8.33. The van der Waals surface area contributed by atoms with Gasteiger partial charge in [-0.05, 0) is 44.0 Å². The van der Waals surface area contributed by atoms with E-state index in [1.807, 2.05) is 0 Å². The van der Waals surface area contributed by atoms with Crippen LogP contribution in [0.15, 0.2) is 18.2 Å². The van der Waals surface area contributed by atoms with Crippen molar-refractivity contribution in [2.24, 2.45) is 0 Å². The Kier molecular flexibility index (Phi) is 2.85. The molecule has 17 heavy (non-hydrogen) atoms. The maximum Gasteiger partial charge on any atom is 0.124 e. The summed E-state index contributed by atoms with van der Waals surface area (Å²) in [5.74, 6) is 1.10. The molecule has 0 radical (unpaired) electrons. The minimum Gasteiger partial charge on any atom is -0.341 e. The van der Waals surface area contributed by atoms with Gasteiger partial charge in [-0.2, -0.15) is 0 Å². The van der Waals surface area contributed by atoms with Crippen LogP contribution in [0.3, 0.4) is 0 Å². The Morgan fingerprint density at radius 1 is 1.24 bits per heavy atom. The molecule has 3 nitrogen and oxygen atoms in total. The van der Waals surface area contributed by atoms with Gasteiger partial charge in [0, 0.05) is 0 Å². The van der Waals surface area contributed by atoms with E-state index in [9.17, 15) is 0 Å². The van der Waals surface area contributed by atoms with Crippen LogP contribution in [-0.2, 0) is 0 Å². The first kappa shape index (κ1) is 10.8. The number of nitrogens with one attached hydrogen (secondary N) is 2. The van der Waals surface area contributed by atoms with E-state index < -0.39 is 0 Å². The van der Waals surface area contributed by atoms with Crippen LogP contribution in [0.4, 0.5) is 0 Å². The number of benzene rings is 1. The molecule has 0 bridgehead atoms. The SMILES string of the molecule is Cc1ccc2nc(C3CCCCCN3)[nH]c2c1. The second kappa shape index (κ2) is 4.49. The van der Waals surface area contributed by atoms with Crippen LogP contribution >= 0.6 is 0 Å². The molecule has 1 unspecified atom stereocenters. The number of hydrogen-bond acceptors (Lipinski definition) is 2. The van der Waals surface area contributed by atoms with Gasteiger partial charge in [0.2, 0.25) is 0 Å². The van der Waals surface area contributed by atoms with Gasteiger partial charge in [-0.3, -0.25) is 0 Å². The summed E-state index contributed by atoms with van der Waals surface area (Å²) in [7, 11) is 0. The van der Waals surface area contributed by atoms with Crippen LogP contribution in [0.25, 0.3) is 11.0 Å². The van der Waals surface area contributed by atoms with E-state index in [-0.39, 0.29) is 0 Å². The molecule has 1 aliphatic heterocycles. The quantitative estimate of drug-likeness (QED) is 0.789. The van der Waals surface area contributed by atoms with Gasteiger partial charge in [0.05, 0.1) is 17.1 Å². The summed E-state index contributed by atoms with van der Waals surface area (Å²) in [5, 5.41) is 3.58. The molecule has 1 aromatic heterocycles. The van der Waals surface area contributed by atoms with Crippen molar-refractivity contribution in [3.63, 3.8) is 0 Å². The lowest BCUT2D eigenvalue weighted by Gasteiger charge is -2.12. The monoisotopic (exact) mass is 229 g/mol. The van der Waals surface area contributed by atoms with E-state index in [0.29, 0.717) is 6.04 Å². The third kappa shape index (κ3) is 2.20. The molecule has 90 valence electrons. The molecular weight excluding hydrogens is 210 g/mol. The number of imidazole rings is 1. The van der Waals surface area contributed by atoms with Crippen molar-refractivity contribution in [1.82, 2.24) is 15.3 Å². The number of H-pyrrole nitrogens is 1. The van der Waals surface area contributed by atoms with E-state index in [4.69, 9.17) is 4.98 Å². The average molecular weight is 229 g/mol. The summed E-state index contributed by atoms with van der Waals surface area (Å²) in [6, 6.07) is 6.79. The second-order valence-electron chi connectivity index (χ2n) is 5.00. The normalized spacial score (nSPS) is 21.6. The van der Waals surface area contributed by atoms with Crippen molar-refractivity contribution in [1.29, 1.82) is 0 Å². The largest absolute Gasteiger partial charge is 0.341 e. The van der Waals surface area contributed by atoms with Crippen LogP contribution in [-0.4, -0.2) is 16.5 Å². The molecule has 1 aromatic carbocycles. The second-order valence-corrected chi connectivity index (χ2v) is 5.00. The van der Waals surface area contributed by atoms with E-state index in [1.54, 1.807) is 0 Å². The molecule has 0 amide bonds. The van der Waals surface area contributed by atoms with E-state index in [1.165, 1.54) is 31.2 Å². The third-order valence-electron chi connectivity index (χ3n) is 3.55. The van der Waals surface area contributed by atoms with Gasteiger partial charge in [-0.1, -0.05) is 18.9 Å². The fourth-order valence-corrected chi connectivity index (χ4v) is 2.57. The predicted molar refractivity (Wildman–Crippen MR) is 70.0 cm³/mol. The van der Waals surface area contributed by atoms with Crippen LogP contribution in [0.5, 0.6) is 0 Å². The Hall–Kier alpha value is -1.35. The summed E-state index contributed by atoms with van der Waals surface area (Å²) < 4.78 is 0. The van der Waals surface area contributed by atoms with Gasteiger partial charge < -0.3 is 10.3 Å². The lowest BCUT2D eigenvalue weighted by atomic mass is 10.1. The van der Waals surface area contributed by atoms with Crippen LogP contribution < -0.4 is 5.32 Å². The topological polar surface area (TPSA) is 40.7 Å². The van der Waals surface area contributed by atoms with Crippen LogP contribution in [0.2, 0.25) is 0 Å². The maximum absolute atomic E-state index is 4.70. The summed E-state index contributed by atoms with van der Waals surface area (Å²) >= 11 is 0. The molecule has 2 N–H and O–H groups in total. The molecular formula is C14H19N3. The summed E-state index contributed by atoms with van der Waals surface area (Å²) in [4.78, 5) is 8.16. The van der Waals surface area contributed by atoms with Gasteiger partial charge in [0.15, 0.2) is 0 Å². The minimum absolute atomic E-state index is 0.408. The number of rotatable bonds is 1. The molecule has 0 spiro atoms. The fraction of sp³-hybridized carbons (Fsp3) is 0.500. The molecule has 1 atom stereocenters. The maximum atomic E-state index is 4.70. The molecule has 2 aromatic rings. The van der Waals surface area contributed by atoms with Crippen molar-refractivity contribution < 1.29 is 0 Å². The lowest BCUT2D eigenvalue weighted by Crippen LogP contribution is -2.21. The van der Waals surface area contributed by atoms with Crippen LogP contribution in [0.1, 0.15) is 43.1 Å². The molecule has 2 heterocycles. The van der Waals surface area contributed by atoms with Crippen molar-refractivity contribution in [2.45, 2.75) is 38.6 Å². The number of aryl methyl sites for hydroxylation is 1. The molecule has 3 heteroatoms. The molecule has 1 saturated heterocycles. The molecule has 0 aliphatic carbocycles. The van der Waals surface area contributed by atoms with Crippen molar-refractivity contribution in [2.75, 3.05) is 6.54 Å². The average Bonchev–Trinajstić information content (AvgIpc) is 2.57. The van der Waals surface area contributed by atoms with Gasteiger partial charge >= 0.3 is 0 Å². The van der Waals surface area contributed by atoms with E-state index in [0.717, 1.165) is 23.4 Å². The zero-order valence-electron chi connectivity index (χ0n) is 10.3. The van der Waals surface area contributed by atoms with Gasteiger partial charge in [0.25, 0.3) is 0 Å². The Labute approximate surface area is 102 Å². The standard InChI is InChI=1S/C14H19N3/c1-10-6-7-11-13(9-10)17-14(16-11)12-5-3-2-4-8-15-12/h6-7,9,12,15H,2-5,8H2,1H3,(H,16,17). The minimum atomic E-state index is 0.408. The molecule has 1 aliphatic rings. The highest BCUT2D eigenvalue weighted by atomic mass is 15.0. The molecule has 0 saturated carbocycles. The Morgan fingerprint density at radius 3 is 3.12 bits per heavy atom. The van der Waals surface area contributed by atoms with Gasteiger partial charge in [-0.15, -0.1) is 0 Å². The summed E-state index contributed by atoms with van der Waals surface area (Å²) in [5.41, 5.74) is 3.52. The first-order valence-corrected chi connectivity index (χ1v) is 6.52. The first-order valence-electron chi connectivity index (χ1n) is 6.52. The number of hydrogen-bond donors (Lipinski definition) is 2. The molecule has 1 fully saturated rings. The van der Waals surface area contributed by atoms with Crippen molar-refractivity contribution >= 4 is 11.0 Å². The fourth-order valence-electron chi connectivity index (χ4n) is 2.57. The zero-order chi connectivity index (χ0) is 11.7. The number of nitrogens with zero attached hydrogens (tertiary/aromatic N) is 1. The Balaban J connectivity index is 1.93. The smallest absolute Gasteiger partial charge is 0.124 e. The molecule has 3 rings (SSSR count). The van der Waals surface area contributed by atoms with Crippen molar-refractivity contribution in [3.05, 3.63) is 29.6 Å².